The van der Waals surface area contributed by atoms with Crippen molar-refractivity contribution in [2.45, 2.75) is 6.54 Å². The second kappa shape index (κ2) is 6.98. The predicted molar refractivity (Wildman–Crippen MR) is 92.3 cm³/mol. The summed E-state index contributed by atoms with van der Waals surface area (Å²) < 4.78 is 6.76. The number of hydrogen-bond acceptors (Lipinski definition) is 3. The first kappa shape index (κ1) is 15.8. The zero-order valence-electron chi connectivity index (χ0n) is 11.9. The van der Waals surface area contributed by atoms with Crippen molar-refractivity contribution in [3.8, 4) is 11.3 Å². The smallest absolute Gasteiger partial charge is 0.254 e. The van der Waals surface area contributed by atoms with Crippen LogP contribution in [0.4, 0.5) is 0 Å². The van der Waals surface area contributed by atoms with Gasteiger partial charge in [0, 0.05) is 16.2 Å². The van der Waals surface area contributed by atoms with Crippen LogP contribution in [0.25, 0.3) is 11.3 Å². The Balaban J connectivity index is 1.67. The highest BCUT2D eigenvalue weighted by molar-refractivity contribution is 9.10. The molecular formula is C17H12BrClN2O2. The summed E-state index contributed by atoms with van der Waals surface area (Å²) in [5, 5.41) is 2.95. The fraction of sp³-hybridized carbons (Fsp3) is 0.0588. The zero-order chi connectivity index (χ0) is 16.2. The van der Waals surface area contributed by atoms with Crippen LogP contribution < -0.4 is 5.32 Å². The van der Waals surface area contributed by atoms with E-state index in [9.17, 15) is 4.79 Å². The molecule has 23 heavy (non-hydrogen) atoms. The molecule has 0 aliphatic carbocycles. The lowest BCUT2D eigenvalue weighted by molar-refractivity contribution is 0.0948. The molecule has 0 saturated carbocycles. The minimum absolute atomic E-state index is 0.181. The quantitative estimate of drug-likeness (QED) is 0.657. The van der Waals surface area contributed by atoms with Gasteiger partial charge in [0.05, 0.1) is 12.1 Å². The number of amides is 1. The van der Waals surface area contributed by atoms with Crippen LogP contribution in [0.3, 0.4) is 0 Å². The van der Waals surface area contributed by atoms with Gasteiger partial charge in [-0.25, -0.2) is 4.98 Å². The van der Waals surface area contributed by atoms with Crippen molar-refractivity contribution in [2.24, 2.45) is 0 Å². The van der Waals surface area contributed by atoms with Crippen LogP contribution in [0.5, 0.6) is 0 Å². The van der Waals surface area contributed by atoms with Crippen molar-refractivity contribution in [3.05, 3.63) is 75.7 Å². The van der Waals surface area contributed by atoms with Gasteiger partial charge in [0.2, 0.25) is 0 Å². The molecule has 0 aliphatic heterocycles. The summed E-state index contributed by atoms with van der Waals surface area (Å²) in [6.07, 6.45) is 1.54. The molecule has 1 N–H and O–H groups in total. The Morgan fingerprint density at radius 3 is 2.70 bits per heavy atom. The van der Waals surface area contributed by atoms with Gasteiger partial charge in [0.1, 0.15) is 16.7 Å². The van der Waals surface area contributed by atoms with Gasteiger partial charge in [-0.15, -0.1) is 0 Å². The summed E-state index contributed by atoms with van der Waals surface area (Å²) in [4.78, 5) is 16.0. The van der Waals surface area contributed by atoms with E-state index in [1.165, 1.54) is 6.20 Å². The largest absolute Gasteiger partial charge is 0.459 e. The van der Waals surface area contributed by atoms with Crippen molar-refractivity contribution in [2.75, 3.05) is 0 Å². The number of pyridine rings is 1. The summed E-state index contributed by atoms with van der Waals surface area (Å²) in [5.41, 5.74) is 1.31. The fourth-order valence-electron chi connectivity index (χ4n) is 2.06. The van der Waals surface area contributed by atoms with E-state index in [0.29, 0.717) is 11.3 Å². The van der Waals surface area contributed by atoms with Crippen LogP contribution >= 0.6 is 27.5 Å². The first-order valence-electron chi connectivity index (χ1n) is 6.87. The van der Waals surface area contributed by atoms with E-state index < -0.39 is 0 Å². The first-order valence-corrected chi connectivity index (χ1v) is 8.04. The summed E-state index contributed by atoms with van der Waals surface area (Å²) >= 11 is 9.30. The third kappa shape index (κ3) is 3.81. The number of nitrogens with zero attached hydrogens (tertiary/aromatic N) is 1. The number of benzene rings is 1. The number of halogens is 2. The Kier molecular flexibility index (Phi) is 4.79. The lowest BCUT2D eigenvalue weighted by Gasteiger charge is -2.04. The van der Waals surface area contributed by atoms with Crippen LogP contribution in [0.2, 0.25) is 5.15 Å². The van der Waals surface area contributed by atoms with Crippen molar-refractivity contribution in [1.82, 2.24) is 10.3 Å². The predicted octanol–water partition coefficient (Wildman–Crippen LogP) is 4.69. The molecule has 1 amide bonds. The molecule has 2 aromatic heterocycles. The first-order chi connectivity index (χ1) is 11.1. The second-order valence-electron chi connectivity index (χ2n) is 4.80. The van der Waals surface area contributed by atoms with Gasteiger partial charge in [-0.05, 0) is 36.4 Å². The number of carbonyl (C=O) groups excluding carboxylic acids is 1. The molecule has 0 radical (unpaired) electrons. The van der Waals surface area contributed by atoms with Crippen LogP contribution in [0.15, 0.2) is 63.6 Å². The van der Waals surface area contributed by atoms with E-state index in [4.69, 9.17) is 16.0 Å². The monoisotopic (exact) mass is 390 g/mol. The molecule has 1 aromatic carbocycles. The normalized spacial score (nSPS) is 10.5. The number of aromatic nitrogens is 1. The Labute approximate surface area is 146 Å². The van der Waals surface area contributed by atoms with Crippen LogP contribution in [0, 0.1) is 0 Å². The van der Waals surface area contributed by atoms with E-state index in [-0.39, 0.29) is 17.6 Å². The topological polar surface area (TPSA) is 55.1 Å². The van der Waals surface area contributed by atoms with Gasteiger partial charge in [0.15, 0.2) is 0 Å². The van der Waals surface area contributed by atoms with E-state index in [0.717, 1.165) is 15.8 Å². The van der Waals surface area contributed by atoms with E-state index in [1.54, 1.807) is 12.1 Å². The van der Waals surface area contributed by atoms with Crippen molar-refractivity contribution in [3.63, 3.8) is 0 Å². The molecule has 0 atom stereocenters. The van der Waals surface area contributed by atoms with Gasteiger partial charge in [-0.3, -0.25) is 4.79 Å². The highest BCUT2D eigenvalue weighted by Gasteiger charge is 2.11. The highest BCUT2D eigenvalue weighted by Crippen LogP contribution is 2.24. The lowest BCUT2D eigenvalue weighted by atomic mass is 10.2. The van der Waals surface area contributed by atoms with Crippen LogP contribution in [-0.2, 0) is 6.54 Å². The fourth-order valence-corrected chi connectivity index (χ4v) is 2.53. The number of nitrogens with one attached hydrogen (secondary N) is 1. The summed E-state index contributed by atoms with van der Waals surface area (Å²) in [5.74, 6) is 1.13. The van der Waals surface area contributed by atoms with Gasteiger partial charge < -0.3 is 9.73 Å². The van der Waals surface area contributed by atoms with E-state index >= 15 is 0 Å². The van der Waals surface area contributed by atoms with Gasteiger partial charge in [0.25, 0.3) is 5.91 Å². The Morgan fingerprint density at radius 2 is 1.96 bits per heavy atom. The zero-order valence-corrected chi connectivity index (χ0v) is 14.3. The maximum absolute atomic E-state index is 12.1. The summed E-state index contributed by atoms with van der Waals surface area (Å²) in [6, 6.07) is 14.8. The molecule has 0 saturated heterocycles. The standard InChI is InChI=1S/C17H12BrClN2O2/c18-12-5-3-11(4-6-12)15-8-7-13(23-15)10-21-17(22)14-2-1-9-20-16(14)19/h1-9H,10H2,(H,21,22). The Morgan fingerprint density at radius 1 is 1.17 bits per heavy atom. The molecule has 0 unspecified atom stereocenters. The Hall–Kier alpha value is -2.11. The van der Waals surface area contributed by atoms with Crippen molar-refractivity contribution < 1.29 is 9.21 Å². The maximum Gasteiger partial charge on any atom is 0.254 e. The molecule has 3 aromatic rings. The lowest BCUT2D eigenvalue weighted by Crippen LogP contribution is -2.23. The summed E-state index contributed by atoms with van der Waals surface area (Å²) in [7, 11) is 0. The average Bonchev–Trinajstić information content (AvgIpc) is 3.03. The van der Waals surface area contributed by atoms with Crippen LogP contribution in [-0.4, -0.2) is 10.9 Å². The van der Waals surface area contributed by atoms with E-state index in [2.05, 4.69) is 26.2 Å². The molecule has 0 fully saturated rings. The third-order valence-electron chi connectivity index (χ3n) is 3.22. The minimum Gasteiger partial charge on any atom is -0.459 e. The molecule has 2 heterocycles. The van der Waals surface area contributed by atoms with Gasteiger partial charge in [-0.1, -0.05) is 39.7 Å². The number of hydrogen-bond donors (Lipinski definition) is 1. The molecule has 3 rings (SSSR count). The SMILES string of the molecule is O=C(NCc1ccc(-c2ccc(Br)cc2)o1)c1cccnc1Cl. The highest BCUT2D eigenvalue weighted by atomic mass is 79.9. The molecular weight excluding hydrogens is 380 g/mol. The van der Waals surface area contributed by atoms with Gasteiger partial charge in [-0.2, -0.15) is 0 Å². The molecule has 6 heteroatoms. The average molecular weight is 392 g/mol. The molecule has 0 bridgehead atoms. The second-order valence-corrected chi connectivity index (χ2v) is 6.07. The van der Waals surface area contributed by atoms with Gasteiger partial charge >= 0.3 is 0 Å². The Bertz CT molecular complexity index is 831. The number of furan rings is 1. The number of rotatable bonds is 4. The maximum atomic E-state index is 12.1. The summed E-state index contributed by atoms with van der Waals surface area (Å²) in [6.45, 7) is 0.278. The number of carbonyl (C=O) groups is 1. The van der Waals surface area contributed by atoms with Crippen molar-refractivity contribution in [1.29, 1.82) is 0 Å². The third-order valence-corrected chi connectivity index (χ3v) is 4.05. The molecule has 0 spiro atoms. The molecule has 4 nitrogen and oxygen atoms in total. The molecule has 116 valence electrons. The van der Waals surface area contributed by atoms with E-state index in [1.807, 2.05) is 36.4 Å². The minimum atomic E-state index is -0.287. The van der Waals surface area contributed by atoms with Crippen molar-refractivity contribution >= 4 is 33.4 Å². The molecule has 0 aliphatic rings. The van der Waals surface area contributed by atoms with Crippen LogP contribution in [0.1, 0.15) is 16.1 Å².